The monoisotopic (exact) mass is 682 g/mol. The molecule has 0 amide bonds. The fourth-order valence-electron chi connectivity index (χ4n) is 14.4. The van der Waals surface area contributed by atoms with Gasteiger partial charge >= 0.3 is 5.97 Å². The van der Waals surface area contributed by atoms with Crippen molar-refractivity contribution in [1.82, 2.24) is 10.2 Å². The highest BCUT2D eigenvalue weighted by Crippen LogP contribution is 2.76. The fraction of sp³-hybridized carbons (Fsp3) is 0.878. The van der Waals surface area contributed by atoms with Crippen LogP contribution in [0.3, 0.4) is 0 Å². The van der Waals surface area contributed by atoms with Gasteiger partial charge in [0, 0.05) is 24.9 Å². The first-order valence-corrected chi connectivity index (χ1v) is 21.8. The van der Waals surface area contributed by atoms with Crippen LogP contribution in [0.25, 0.3) is 0 Å². The molecule has 7 aliphatic rings. The number of nitrogens with one attached hydrogen (secondary N) is 1. The molecule has 1 saturated heterocycles. The normalized spacial score (nSPS) is 44.8. The average Bonchev–Trinajstić information content (AvgIpc) is 3.45. The summed E-state index contributed by atoms with van der Waals surface area (Å²) in [6, 6.07) is 0. The zero-order valence-corrected chi connectivity index (χ0v) is 31.9. The number of carbonyl (C=O) groups is 1. The van der Waals surface area contributed by atoms with Gasteiger partial charge in [-0.1, -0.05) is 53.2 Å². The molecular weight excluding hydrogens is 617 g/mol. The highest BCUT2D eigenvalue weighted by atomic mass is 32.2. The van der Waals surface area contributed by atoms with Crippen LogP contribution < -0.4 is 5.32 Å². The first-order chi connectivity index (χ1) is 22.6. The summed E-state index contributed by atoms with van der Waals surface area (Å²) < 4.78 is 24.1. The molecule has 2 N–H and O–H groups in total. The molecule has 48 heavy (non-hydrogen) atoms. The van der Waals surface area contributed by atoms with Gasteiger partial charge in [-0.05, 0) is 159 Å². The Labute approximate surface area is 292 Å². The van der Waals surface area contributed by atoms with Crippen LogP contribution in [0, 0.1) is 51.2 Å². The Bertz CT molecular complexity index is 1440. The molecule has 9 atom stereocenters. The van der Waals surface area contributed by atoms with Gasteiger partial charge in [0.05, 0.1) is 11.2 Å². The first kappa shape index (κ1) is 35.2. The average molecular weight is 683 g/mol. The minimum atomic E-state index is -2.92. The molecule has 1 aliphatic heterocycles. The number of hydrogen-bond donors (Lipinski definition) is 2. The largest absolute Gasteiger partial charge is 0.481 e. The third kappa shape index (κ3) is 5.44. The molecule has 0 aromatic rings. The highest BCUT2D eigenvalue weighted by Gasteiger charge is 2.69. The van der Waals surface area contributed by atoms with E-state index in [4.69, 9.17) is 0 Å². The van der Waals surface area contributed by atoms with E-state index >= 15 is 0 Å². The molecular formula is C41H66N2O4S. The quantitative estimate of drug-likeness (QED) is 0.283. The van der Waals surface area contributed by atoms with Crippen molar-refractivity contribution >= 4 is 15.8 Å². The molecule has 1 heterocycles. The maximum absolute atomic E-state index is 12.1. The molecule has 0 radical (unpaired) electrons. The van der Waals surface area contributed by atoms with Crippen molar-refractivity contribution in [3.05, 3.63) is 23.3 Å². The second kappa shape index (κ2) is 12.2. The SMILES string of the molecule is CC1(C)C(C2=CC[C@H](C(=O)O)CC2)=CC[C@@]2(C)C1CC[C@]1(C)C2CC[C@@H]2[C@H]3CCC[C@]3(NCCN3CCC(S(C)(=O)=O)CC3)CC[C@]21C. The number of carboxylic acids is 1. The van der Waals surface area contributed by atoms with Crippen molar-refractivity contribution < 1.29 is 18.3 Å². The van der Waals surface area contributed by atoms with Gasteiger partial charge in [-0.3, -0.25) is 4.79 Å². The molecule has 0 spiro atoms. The number of sulfone groups is 1. The number of allylic oxidation sites excluding steroid dienone is 4. The van der Waals surface area contributed by atoms with E-state index in [1.165, 1.54) is 81.6 Å². The number of rotatable bonds is 7. The van der Waals surface area contributed by atoms with Crippen LogP contribution in [0.15, 0.2) is 23.3 Å². The summed E-state index contributed by atoms with van der Waals surface area (Å²) in [5.41, 5.74) is 4.43. The molecule has 6 nitrogen and oxygen atoms in total. The summed E-state index contributed by atoms with van der Waals surface area (Å²) in [4.78, 5) is 14.1. The van der Waals surface area contributed by atoms with E-state index < -0.39 is 15.8 Å². The number of nitrogens with zero attached hydrogens (tertiary/aromatic N) is 1. The first-order valence-electron chi connectivity index (χ1n) is 19.8. The van der Waals surface area contributed by atoms with E-state index in [0.717, 1.165) is 69.6 Å². The Morgan fingerprint density at radius 3 is 2.29 bits per heavy atom. The van der Waals surface area contributed by atoms with Crippen LogP contribution in [-0.4, -0.2) is 67.6 Å². The Morgan fingerprint density at radius 1 is 0.875 bits per heavy atom. The maximum Gasteiger partial charge on any atom is 0.306 e. The number of carboxylic acid groups (broad SMARTS) is 1. The molecule has 0 aromatic heterocycles. The van der Waals surface area contributed by atoms with Crippen LogP contribution >= 0.6 is 0 Å². The van der Waals surface area contributed by atoms with Crippen LogP contribution in [0.4, 0.5) is 0 Å². The Kier molecular flexibility index (Phi) is 8.96. The van der Waals surface area contributed by atoms with Crippen LogP contribution in [-0.2, 0) is 14.6 Å². The number of fused-ring (bicyclic) bond motifs is 7. The predicted molar refractivity (Wildman–Crippen MR) is 194 cm³/mol. The van der Waals surface area contributed by atoms with E-state index in [-0.39, 0.29) is 22.1 Å². The van der Waals surface area contributed by atoms with Crippen molar-refractivity contribution in [3.8, 4) is 0 Å². The number of likely N-dealkylation sites (tertiary alicyclic amines) is 1. The maximum atomic E-state index is 12.1. The van der Waals surface area contributed by atoms with Gasteiger partial charge in [0.25, 0.3) is 0 Å². The fourth-order valence-corrected chi connectivity index (χ4v) is 15.4. The van der Waals surface area contributed by atoms with E-state index in [9.17, 15) is 18.3 Å². The minimum absolute atomic E-state index is 0.116. The molecule has 0 bridgehead atoms. The third-order valence-corrected chi connectivity index (χ3v) is 18.8. The van der Waals surface area contributed by atoms with Gasteiger partial charge in [0.1, 0.15) is 9.84 Å². The number of piperidine rings is 1. The Hall–Kier alpha value is -1.18. The molecule has 0 aromatic carbocycles. The van der Waals surface area contributed by atoms with Gasteiger partial charge in [-0.15, -0.1) is 0 Å². The Morgan fingerprint density at radius 2 is 1.62 bits per heavy atom. The number of aliphatic carboxylic acids is 1. The molecule has 270 valence electrons. The lowest BCUT2D eigenvalue weighted by Gasteiger charge is -2.72. The summed E-state index contributed by atoms with van der Waals surface area (Å²) >= 11 is 0. The predicted octanol–water partition coefficient (Wildman–Crippen LogP) is 8.04. The molecule has 4 saturated carbocycles. The smallest absolute Gasteiger partial charge is 0.306 e. The van der Waals surface area contributed by atoms with E-state index in [0.29, 0.717) is 28.6 Å². The van der Waals surface area contributed by atoms with E-state index in [2.05, 4.69) is 57.0 Å². The topological polar surface area (TPSA) is 86.7 Å². The summed E-state index contributed by atoms with van der Waals surface area (Å²) in [5.74, 6) is 2.13. The molecule has 7 heteroatoms. The molecule has 5 fully saturated rings. The van der Waals surface area contributed by atoms with Crippen molar-refractivity contribution in [2.24, 2.45) is 51.2 Å². The van der Waals surface area contributed by atoms with Crippen molar-refractivity contribution in [2.75, 3.05) is 32.4 Å². The summed E-state index contributed by atoms with van der Waals surface area (Å²) in [7, 11) is -2.92. The minimum Gasteiger partial charge on any atom is -0.481 e. The second-order valence-corrected chi connectivity index (χ2v) is 21.5. The standard InChI is InChI=1S/C41H66N2O4S/c1-37(2)31(28-9-11-29(12-10-28)36(44)45)15-20-38(3)34(37)16-21-40(5)35(38)14-13-32-33-8-7-19-41(33,23-22-39(32,40)4)42-24-27-43-25-17-30(18-26-43)48(6,46)47/h9,15,29-30,32-35,42H,7-8,10-14,16-27H2,1-6H3,(H,44,45)/t29-,32+,33+,34?,35?,38-,39+,40+,41-/m0/s1. The summed E-state index contributed by atoms with van der Waals surface area (Å²) in [6.07, 6.45) is 23.5. The second-order valence-electron chi connectivity index (χ2n) is 19.2. The zero-order chi connectivity index (χ0) is 34.3. The van der Waals surface area contributed by atoms with Gasteiger partial charge in [-0.2, -0.15) is 0 Å². The summed E-state index contributed by atoms with van der Waals surface area (Å²) in [5, 5.41) is 13.7. The Balaban J connectivity index is 1.06. The molecule has 2 unspecified atom stereocenters. The van der Waals surface area contributed by atoms with Crippen LogP contribution in [0.5, 0.6) is 0 Å². The number of hydrogen-bond acceptors (Lipinski definition) is 5. The van der Waals surface area contributed by atoms with E-state index in [1.807, 2.05) is 0 Å². The van der Waals surface area contributed by atoms with Gasteiger partial charge in [0.2, 0.25) is 0 Å². The van der Waals surface area contributed by atoms with Crippen molar-refractivity contribution in [3.63, 3.8) is 0 Å². The van der Waals surface area contributed by atoms with Gasteiger partial charge < -0.3 is 15.3 Å². The lowest BCUT2D eigenvalue weighted by molar-refractivity contribution is -0.218. The zero-order valence-electron chi connectivity index (χ0n) is 31.1. The van der Waals surface area contributed by atoms with Crippen molar-refractivity contribution in [1.29, 1.82) is 0 Å². The molecule has 7 rings (SSSR count). The van der Waals surface area contributed by atoms with Gasteiger partial charge in [0.15, 0.2) is 0 Å². The summed E-state index contributed by atoms with van der Waals surface area (Å²) in [6.45, 7) is 17.1. The van der Waals surface area contributed by atoms with E-state index in [1.54, 1.807) is 0 Å². The highest BCUT2D eigenvalue weighted by molar-refractivity contribution is 7.91. The lowest BCUT2D eigenvalue weighted by Crippen LogP contribution is -2.67. The van der Waals surface area contributed by atoms with Crippen LogP contribution in [0.1, 0.15) is 131 Å². The molecule has 6 aliphatic carbocycles. The lowest BCUT2D eigenvalue weighted by atomic mass is 9.33. The van der Waals surface area contributed by atoms with Crippen molar-refractivity contribution in [2.45, 2.75) is 142 Å². The van der Waals surface area contributed by atoms with Gasteiger partial charge in [-0.25, -0.2) is 8.42 Å². The third-order valence-electron chi connectivity index (χ3n) is 17.1. The van der Waals surface area contributed by atoms with Crippen LogP contribution in [0.2, 0.25) is 0 Å².